The molecule has 0 aliphatic carbocycles. The Hall–Kier alpha value is -1.32. The van der Waals surface area contributed by atoms with Gasteiger partial charge in [0, 0.05) is 7.05 Å². The number of rotatable bonds is 0. The number of nitrogens with zero attached hydrogens (tertiary/aromatic N) is 3. The van der Waals surface area contributed by atoms with Crippen LogP contribution in [0.25, 0.3) is 11.2 Å². The zero-order chi connectivity index (χ0) is 8.27. The van der Waals surface area contributed by atoms with Crippen LogP contribution >= 0.6 is 0 Å². The third-order valence-corrected chi connectivity index (χ3v) is 1.34. The van der Waals surface area contributed by atoms with Gasteiger partial charge in [-0.2, -0.15) is 5.10 Å². The highest BCUT2D eigenvalue weighted by Gasteiger charge is 1.97. The van der Waals surface area contributed by atoms with Gasteiger partial charge in [-0.1, -0.05) is 13.8 Å². The molecule has 0 bridgehead atoms. The van der Waals surface area contributed by atoms with Crippen molar-refractivity contribution in [3.8, 4) is 0 Å². The molecular formula is C7H12N4. The van der Waals surface area contributed by atoms with Gasteiger partial charge in [-0.25, -0.2) is 4.98 Å². The highest BCUT2D eigenvalue weighted by molar-refractivity contribution is 5.69. The van der Waals surface area contributed by atoms with Crippen molar-refractivity contribution in [2.24, 2.45) is 7.05 Å². The summed E-state index contributed by atoms with van der Waals surface area (Å²) in [6, 6.07) is 0. The summed E-state index contributed by atoms with van der Waals surface area (Å²) in [5.74, 6) is 0. The number of hydrogen-bond acceptors (Lipinski definition) is 2. The van der Waals surface area contributed by atoms with Crippen LogP contribution in [0.2, 0.25) is 0 Å². The van der Waals surface area contributed by atoms with Crippen molar-refractivity contribution in [2.45, 2.75) is 13.8 Å². The first-order chi connectivity index (χ1) is 5.38. The largest absolute Gasteiger partial charge is 0.331 e. The zero-order valence-corrected chi connectivity index (χ0v) is 7.00. The number of aromatic amines is 1. The fraction of sp³-hybridized carbons (Fsp3) is 0.429. The maximum absolute atomic E-state index is 4.02. The summed E-state index contributed by atoms with van der Waals surface area (Å²) in [4.78, 5) is 4.02. The molecule has 0 unspecified atom stereocenters. The van der Waals surface area contributed by atoms with Gasteiger partial charge >= 0.3 is 0 Å². The van der Waals surface area contributed by atoms with E-state index in [0.29, 0.717) is 0 Å². The van der Waals surface area contributed by atoms with Crippen molar-refractivity contribution in [1.29, 1.82) is 0 Å². The van der Waals surface area contributed by atoms with Crippen molar-refractivity contribution in [2.75, 3.05) is 0 Å². The van der Waals surface area contributed by atoms with E-state index in [9.17, 15) is 0 Å². The minimum absolute atomic E-state index is 0.845. The monoisotopic (exact) mass is 152 g/mol. The lowest BCUT2D eigenvalue weighted by atomic mass is 10.6. The van der Waals surface area contributed by atoms with Gasteiger partial charge < -0.3 is 4.57 Å². The van der Waals surface area contributed by atoms with E-state index in [0.717, 1.165) is 11.2 Å². The molecule has 0 amide bonds. The molecule has 0 radical (unpaired) electrons. The van der Waals surface area contributed by atoms with Crippen LogP contribution in [-0.2, 0) is 7.05 Å². The second kappa shape index (κ2) is 3.18. The highest BCUT2D eigenvalue weighted by atomic mass is 15.2. The molecule has 0 aromatic carbocycles. The normalized spacial score (nSPS) is 9.36. The van der Waals surface area contributed by atoms with Crippen LogP contribution in [0.1, 0.15) is 13.8 Å². The Kier molecular flexibility index (Phi) is 2.25. The summed E-state index contributed by atoms with van der Waals surface area (Å²) < 4.78 is 1.92. The van der Waals surface area contributed by atoms with Crippen molar-refractivity contribution in [3.05, 3.63) is 12.5 Å². The summed E-state index contributed by atoms with van der Waals surface area (Å²) >= 11 is 0. The summed E-state index contributed by atoms with van der Waals surface area (Å²) in [5.41, 5.74) is 1.88. The van der Waals surface area contributed by atoms with Gasteiger partial charge in [0.05, 0.1) is 12.5 Å². The minimum atomic E-state index is 0.845. The SMILES string of the molecule is CC.Cn1cnc2[nH]ncc21. The van der Waals surface area contributed by atoms with Gasteiger partial charge in [0.2, 0.25) is 0 Å². The Bertz CT molecular complexity index is 320. The Morgan fingerprint density at radius 1 is 1.45 bits per heavy atom. The average molecular weight is 152 g/mol. The molecule has 1 N–H and O–H groups in total. The molecule has 2 aromatic rings. The fourth-order valence-electron chi connectivity index (χ4n) is 0.833. The Morgan fingerprint density at radius 3 is 2.82 bits per heavy atom. The number of H-pyrrole nitrogens is 1. The molecule has 0 spiro atoms. The van der Waals surface area contributed by atoms with Crippen LogP contribution in [0.4, 0.5) is 0 Å². The van der Waals surface area contributed by atoms with Crippen LogP contribution in [0.15, 0.2) is 12.5 Å². The van der Waals surface area contributed by atoms with Crippen LogP contribution in [-0.4, -0.2) is 19.7 Å². The first kappa shape index (κ1) is 7.78. The van der Waals surface area contributed by atoms with E-state index in [1.807, 2.05) is 25.5 Å². The van der Waals surface area contributed by atoms with Gasteiger partial charge in [0.25, 0.3) is 0 Å². The van der Waals surface area contributed by atoms with Crippen LogP contribution in [0.5, 0.6) is 0 Å². The van der Waals surface area contributed by atoms with E-state index in [1.54, 1.807) is 12.5 Å². The van der Waals surface area contributed by atoms with E-state index in [-0.39, 0.29) is 0 Å². The van der Waals surface area contributed by atoms with E-state index in [1.165, 1.54) is 0 Å². The van der Waals surface area contributed by atoms with Crippen molar-refractivity contribution >= 4 is 11.2 Å². The maximum atomic E-state index is 4.02. The van der Waals surface area contributed by atoms with Gasteiger partial charge in [0.15, 0.2) is 5.65 Å². The number of fused-ring (bicyclic) bond motifs is 1. The van der Waals surface area contributed by atoms with Crippen molar-refractivity contribution < 1.29 is 0 Å². The first-order valence-electron chi connectivity index (χ1n) is 3.68. The summed E-state index contributed by atoms with van der Waals surface area (Å²) in [6.07, 6.45) is 3.51. The van der Waals surface area contributed by atoms with Crippen LogP contribution < -0.4 is 0 Å². The smallest absolute Gasteiger partial charge is 0.173 e. The molecule has 2 rings (SSSR count). The molecule has 11 heavy (non-hydrogen) atoms. The second-order valence-electron chi connectivity index (χ2n) is 1.96. The molecule has 0 saturated heterocycles. The molecule has 4 heteroatoms. The summed E-state index contributed by atoms with van der Waals surface area (Å²) in [5, 5.41) is 6.57. The predicted molar refractivity (Wildman–Crippen MR) is 44.2 cm³/mol. The average Bonchev–Trinajstić information content (AvgIpc) is 2.60. The molecule has 60 valence electrons. The first-order valence-corrected chi connectivity index (χ1v) is 3.68. The minimum Gasteiger partial charge on any atom is -0.331 e. The molecular weight excluding hydrogens is 140 g/mol. The molecule has 0 aliphatic heterocycles. The summed E-state index contributed by atoms with van der Waals surface area (Å²) in [6.45, 7) is 4.00. The standard InChI is InChI=1S/C5H6N4.C2H6/c1-9-3-6-5-4(9)2-7-8-5;1-2/h2-3H,1H3,(H,7,8);1-2H3. The second-order valence-corrected chi connectivity index (χ2v) is 1.96. The lowest BCUT2D eigenvalue weighted by molar-refractivity contribution is 0.940. The van der Waals surface area contributed by atoms with E-state index >= 15 is 0 Å². The fourth-order valence-corrected chi connectivity index (χ4v) is 0.833. The Labute approximate surface area is 65.2 Å². The number of nitrogens with one attached hydrogen (secondary N) is 1. The van der Waals surface area contributed by atoms with Crippen LogP contribution in [0.3, 0.4) is 0 Å². The van der Waals surface area contributed by atoms with Gasteiger partial charge in [-0.3, -0.25) is 5.10 Å². The number of aromatic nitrogens is 4. The quantitative estimate of drug-likeness (QED) is 0.619. The topological polar surface area (TPSA) is 46.5 Å². The van der Waals surface area contributed by atoms with Gasteiger partial charge in [0.1, 0.15) is 5.52 Å². The molecule has 0 fully saturated rings. The molecule has 0 saturated carbocycles. The Morgan fingerprint density at radius 2 is 2.18 bits per heavy atom. The number of hydrogen-bond donors (Lipinski definition) is 1. The van der Waals surface area contributed by atoms with Crippen molar-refractivity contribution in [1.82, 2.24) is 19.7 Å². The van der Waals surface area contributed by atoms with Crippen LogP contribution in [0, 0.1) is 0 Å². The van der Waals surface area contributed by atoms with E-state index in [2.05, 4.69) is 15.2 Å². The maximum Gasteiger partial charge on any atom is 0.173 e. The number of aryl methyl sites for hydroxylation is 1. The number of imidazole rings is 1. The molecule has 2 heterocycles. The summed E-state index contributed by atoms with van der Waals surface area (Å²) in [7, 11) is 1.94. The van der Waals surface area contributed by atoms with Gasteiger partial charge in [-0.05, 0) is 0 Å². The van der Waals surface area contributed by atoms with Crippen molar-refractivity contribution in [3.63, 3.8) is 0 Å². The third-order valence-electron chi connectivity index (χ3n) is 1.34. The van der Waals surface area contributed by atoms with Gasteiger partial charge in [-0.15, -0.1) is 0 Å². The lowest BCUT2D eigenvalue weighted by Gasteiger charge is -1.82. The molecule has 2 aromatic heterocycles. The Balaban J connectivity index is 0.000000281. The highest BCUT2D eigenvalue weighted by Crippen LogP contribution is 2.04. The lowest BCUT2D eigenvalue weighted by Crippen LogP contribution is -1.80. The third kappa shape index (κ3) is 1.24. The molecule has 0 atom stereocenters. The molecule has 4 nitrogen and oxygen atoms in total. The van der Waals surface area contributed by atoms with E-state index in [4.69, 9.17) is 0 Å². The van der Waals surface area contributed by atoms with E-state index < -0.39 is 0 Å². The molecule has 0 aliphatic rings. The zero-order valence-electron chi connectivity index (χ0n) is 7.00. The predicted octanol–water partition coefficient (Wildman–Crippen LogP) is 1.32.